The van der Waals surface area contributed by atoms with Gasteiger partial charge in [-0.05, 0) is 23.4 Å². The summed E-state index contributed by atoms with van der Waals surface area (Å²) in [6, 6.07) is 8.05. The third kappa shape index (κ3) is 4.23. The largest absolute Gasteiger partial charge is 0.335 e. The number of nitrogens with zero attached hydrogens (tertiary/aromatic N) is 1. The molecule has 17 heavy (non-hydrogen) atoms. The summed E-state index contributed by atoms with van der Waals surface area (Å²) in [7, 11) is 1.64. The van der Waals surface area contributed by atoms with E-state index in [1.807, 2.05) is 24.3 Å². The van der Waals surface area contributed by atoms with Gasteiger partial charge >= 0.3 is 0 Å². The van der Waals surface area contributed by atoms with Crippen LogP contribution in [0.25, 0.3) is 0 Å². The number of carbonyl (C=O) groups is 2. The molecule has 1 amide bonds. The highest BCUT2D eigenvalue weighted by Gasteiger charge is 2.13. The van der Waals surface area contributed by atoms with Crippen LogP contribution >= 0.6 is 11.8 Å². The van der Waals surface area contributed by atoms with Gasteiger partial charge in [0.15, 0.2) is 0 Å². The fourth-order valence-electron chi connectivity index (χ4n) is 1.47. The first-order chi connectivity index (χ1) is 8.04. The smallest absolute Gasteiger partial charge is 0.289 e. The van der Waals surface area contributed by atoms with Gasteiger partial charge in [0, 0.05) is 25.4 Å². The quantitative estimate of drug-likeness (QED) is 0.595. The Labute approximate surface area is 106 Å². The third-order valence-corrected chi connectivity index (χ3v) is 3.20. The van der Waals surface area contributed by atoms with Gasteiger partial charge in [-0.1, -0.05) is 19.1 Å². The Kier molecular flexibility index (Phi) is 5.22. The fraction of sp³-hybridized carbons (Fsp3) is 0.385. The Bertz CT molecular complexity index is 400. The van der Waals surface area contributed by atoms with E-state index in [4.69, 9.17) is 0 Å². The molecule has 1 aromatic carbocycles. The van der Waals surface area contributed by atoms with E-state index in [2.05, 4.69) is 6.92 Å². The van der Waals surface area contributed by atoms with Crippen molar-refractivity contribution in [1.29, 1.82) is 0 Å². The Hall–Kier alpha value is -1.29. The molecule has 0 bridgehead atoms. The van der Waals surface area contributed by atoms with Crippen molar-refractivity contribution in [2.75, 3.05) is 12.8 Å². The monoisotopic (exact) mass is 251 g/mol. The number of benzene rings is 1. The molecular weight excluding hydrogens is 234 g/mol. The van der Waals surface area contributed by atoms with Crippen molar-refractivity contribution in [3.05, 3.63) is 29.8 Å². The summed E-state index contributed by atoms with van der Waals surface area (Å²) in [4.78, 5) is 25.0. The number of carbonyl (C=O) groups excluding carboxylic acids is 2. The number of rotatable bonds is 5. The van der Waals surface area contributed by atoms with Gasteiger partial charge in [-0.15, -0.1) is 11.8 Å². The second-order valence-electron chi connectivity index (χ2n) is 3.79. The maximum absolute atomic E-state index is 11.4. The lowest BCUT2D eigenvalue weighted by Gasteiger charge is -2.15. The summed E-state index contributed by atoms with van der Waals surface area (Å²) in [5.74, 6) is 0.171. The predicted molar refractivity (Wildman–Crippen MR) is 70.0 cm³/mol. The lowest BCUT2D eigenvalue weighted by atomic mass is 10.2. The van der Waals surface area contributed by atoms with E-state index in [1.54, 1.807) is 18.8 Å². The van der Waals surface area contributed by atoms with Crippen molar-refractivity contribution >= 4 is 23.5 Å². The maximum atomic E-state index is 11.4. The van der Waals surface area contributed by atoms with Crippen LogP contribution in [0.4, 0.5) is 0 Å². The average Bonchev–Trinajstić information content (AvgIpc) is 2.30. The minimum Gasteiger partial charge on any atom is -0.335 e. The molecule has 3 nitrogen and oxygen atoms in total. The van der Waals surface area contributed by atoms with Crippen molar-refractivity contribution < 1.29 is 9.59 Å². The van der Waals surface area contributed by atoms with Crippen LogP contribution in [0.1, 0.15) is 19.4 Å². The Morgan fingerprint density at radius 2 is 1.82 bits per heavy atom. The van der Waals surface area contributed by atoms with E-state index in [0.29, 0.717) is 6.54 Å². The van der Waals surface area contributed by atoms with Crippen LogP contribution in [0.2, 0.25) is 0 Å². The van der Waals surface area contributed by atoms with Crippen LogP contribution in [0.15, 0.2) is 29.2 Å². The van der Waals surface area contributed by atoms with Crippen LogP contribution in [0.5, 0.6) is 0 Å². The molecule has 0 aliphatic carbocycles. The Morgan fingerprint density at radius 1 is 1.24 bits per heavy atom. The average molecular weight is 251 g/mol. The molecule has 92 valence electrons. The van der Waals surface area contributed by atoms with E-state index < -0.39 is 11.7 Å². The van der Waals surface area contributed by atoms with Gasteiger partial charge in [0.2, 0.25) is 5.78 Å². The standard InChI is InChI=1S/C13H17NO2S/c1-4-17-12-7-5-11(6-8-12)9-14(3)13(16)10(2)15/h5-8H,4,9H2,1-3H3. The molecule has 0 radical (unpaired) electrons. The highest BCUT2D eigenvalue weighted by atomic mass is 32.2. The molecule has 0 N–H and O–H groups in total. The summed E-state index contributed by atoms with van der Waals surface area (Å²) in [6.45, 7) is 3.87. The third-order valence-electron chi connectivity index (χ3n) is 2.30. The second-order valence-corrected chi connectivity index (χ2v) is 5.13. The molecule has 0 aliphatic rings. The molecule has 0 spiro atoms. The molecule has 0 atom stereocenters. The molecular formula is C13H17NO2S. The van der Waals surface area contributed by atoms with Crippen LogP contribution in [-0.2, 0) is 16.1 Å². The summed E-state index contributed by atoms with van der Waals surface area (Å²) in [6.07, 6.45) is 0. The topological polar surface area (TPSA) is 37.4 Å². The molecule has 0 fully saturated rings. The van der Waals surface area contributed by atoms with Crippen LogP contribution in [0.3, 0.4) is 0 Å². The molecule has 0 heterocycles. The summed E-state index contributed by atoms with van der Waals surface area (Å²) < 4.78 is 0. The van der Waals surface area contributed by atoms with E-state index in [-0.39, 0.29) is 0 Å². The van der Waals surface area contributed by atoms with Gasteiger partial charge in [0.05, 0.1) is 0 Å². The maximum Gasteiger partial charge on any atom is 0.289 e. The normalized spacial score (nSPS) is 10.1. The predicted octanol–water partition coefficient (Wildman–Crippen LogP) is 2.35. The zero-order valence-electron chi connectivity index (χ0n) is 10.4. The molecule has 4 heteroatoms. The van der Waals surface area contributed by atoms with Gasteiger partial charge < -0.3 is 4.90 Å². The van der Waals surface area contributed by atoms with Gasteiger partial charge in [-0.3, -0.25) is 9.59 Å². The van der Waals surface area contributed by atoms with Gasteiger partial charge in [-0.2, -0.15) is 0 Å². The Morgan fingerprint density at radius 3 is 2.29 bits per heavy atom. The molecule has 0 saturated carbocycles. The molecule has 0 saturated heterocycles. The lowest BCUT2D eigenvalue weighted by molar-refractivity contribution is -0.143. The minimum absolute atomic E-state index is 0.425. The first kappa shape index (κ1) is 13.8. The molecule has 1 rings (SSSR count). The number of ketones is 1. The van der Waals surface area contributed by atoms with Gasteiger partial charge in [0.1, 0.15) is 0 Å². The number of hydrogen-bond acceptors (Lipinski definition) is 3. The summed E-state index contributed by atoms with van der Waals surface area (Å²) >= 11 is 1.78. The fourth-order valence-corrected chi connectivity index (χ4v) is 2.13. The number of likely N-dealkylation sites (N-methyl/N-ethyl adjacent to an activating group) is 1. The van der Waals surface area contributed by atoms with Gasteiger partial charge in [-0.25, -0.2) is 0 Å². The van der Waals surface area contributed by atoms with Crippen molar-refractivity contribution in [3.63, 3.8) is 0 Å². The molecule has 0 aromatic heterocycles. The van der Waals surface area contributed by atoms with Crippen molar-refractivity contribution in [1.82, 2.24) is 4.90 Å². The van der Waals surface area contributed by atoms with Crippen molar-refractivity contribution in [2.45, 2.75) is 25.3 Å². The molecule has 0 unspecified atom stereocenters. The number of thioether (sulfide) groups is 1. The number of amides is 1. The van der Waals surface area contributed by atoms with E-state index >= 15 is 0 Å². The lowest BCUT2D eigenvalue weighted by Crippen LogP contribution is -2.31. The highest BCUT2D eigenvalue weighted by Crippen LogP contribution is 2.18. The first-order valence-electron chi connectivity index (χ1n) is 5.52. The zero-order chi connectivity index (χ0) is 12.8. The van der Waals surface area contributed by atoms with Crippen molar-refractivity contribution in [3.8, 4) is 0 Å². The zero-order valence-corrected chi connectivity index (χ0v) is 11.2. The molecule has 1 aromatic rings. The van der Waals surface area contributed by atoms with Crippen LogP contribution in [-0.4, -0.2) is 29.4 Å². The van der Waals surface area contributed by atoms with Crippen LogP contribution in [0, 0.1) is 0 Å². The van der Waals surface area contributed by atoms with Crippen molar-refractivity contribution in [2.24, 2.45) is 0 Å². The first-order valence-corrected chi connectivity index (χ1v) is 6.51. The highest BCUT2D eigenvalue weighted by molar-refractivity contribution is 7.99. The summed E-state index contributed by atoms with van der Waals surface area (Å²) in [5, 5.41) is 0. The van der Waals surface area contributed by atoms with Crippen LogP contribution < -0.4 is 0 Å². The second kappa shape index (κ2) is 6.45. The molecule has 0 aliphatic heterocycles. The number of hydrogen-bond donors (Lipinski definition) is 0. The van der Waals surface area contributed by atoms with E-state index in [9.17, 15) is 9.59 Å². The minimum atomic E-state index is -0.447. The van der Waals surface area contributed by atoms with E-state index in [1.165, 1.54) is 16.7 Å². The number of Topliss-reactive ketones (excluding diaryl/α,β-unsaturated/α-hetero) is 1. The summed E-state index contributed by atoms with van der Waals surface area (Å²) in [5.41, 5.74) is 1.03. The van der Waals surface area contributed by atoms with Gasteiger partial charge in [0.25, 0.3) is 5.91 Å². The SMILES string of the molecule is CCSc1ccc(CN(C)C(=O)C(C)=O)cc1. The van der Waals surface area contributed by atoms with E-state index in [0.717, 1.165) is 11.3 Å². The Balaban J connectivity index is 2.63.